The number of ether oxygens (including phenoxy) is 2. The van der Waals surface area contributed by atoms with Crippen molar-refractivity contribution in [1.82, 2.24) is 0 Å². The number of aryl methyl sites for hydroxylation is 1. The first-order chi connectivity index (χ1) is 11.2. The lowest BCUT2D eigenvalue weighted by Crippen LogP contribution is -2.27. The highest BCUT2D eigenvalue weighted by Gasteiger charge is 2.51. The van der Waals surface area contributed by atoms with Crippen LogP contribution in [-0.4, -0.2) is 18.1 Å². The van der Waals surface area contributed by atoms with Crippen molar-refractivity contribution in [2.24, 2.45) is 0 Å². The number of benzene rings is 2. The van der Waals surface area contributed by atoms with E-state index in [0.717, 1.165) is 33.5 Å². The average molecular weight is 344 g/mol. The fraction of sp³-hybridized carbons (Fsp3) is 0.400. The summed E-state index contributed by atoms with van der Waals surface area (Å²) < 4.78 is 25.7. The Labute approximate surface area is 144 Å². The molecular formula is C20H25O3P. The lowest BCUT2D eigenvalue weighted by atomic mass is 9.99. The van der Waals surface area contributed by atoms with E-state index in [1.807, 2.05) is 58.0 Å². The highest BCUT2D eigenvalue weighted by molar-refractivity contribution is 7.74. The van der Waals surface area contributed by atoms with Crippen LogP contribution in [0.15, 0.2) is 36.4 Å². The summed E-state index contributed by atoms with van der Waals surface area (Å²) in [5.41, 5.74) is 3.06. The molecule has 0 saturated carbocycles. The molecule has 0 N–H and O–H groups in total. The molecule has 0 bridgehead atoms. The van der Waals surface area contributed by atoms with E-state index >= 15 is 0 Å². The predicted molar refractivity (Wildman–Crippen MR) is 100 cm³/mol. The van der Waals surface area contributed by atoms with Crippen molar-refractivity contribution in [2.75, 3.05) is 7.11 Å². The Morgan fingerprint density at radius 2 is 1.79 bits per heavy atom. The van der Waals surface area contributed by atoms with E-state index in [4.69, 9.17) is 9.47 Å². The van der Waals surface area contributed by atoms with Gasteiger partial charge in [0.05, 0.1) is 12.4 Å². The molecule has 2 aromatic rings. The Bertz CT molecular complexity index is 833. The zero-order valence-corrected chi connectivity index (χ0v) is 16.1. The Morgan fingerprint density at radius 3 is 2.42 bits per heavy atom. The molecule has 1 aliphatic rings. The molecule has 0 aromatic heterocycles. The van der Waals surface area contributed by atoms with Crippen molar-refractivity contribution in [3.05, 3.63) is 42.0 Å². The van der Waals surface area contributed by atoms with Gasteiger partial charge in [-0.3, -0.25) is 0 Å². The van der Waals surface area contributed by atoms with Gasteiger partial charge in [0.1, 0.15) is 11.5 Å². The van der Waals surface area contributed by atoms with E-state index < -0.39 is 7.14 Å². The predicted octanol–water partition coefficient (Wildman–Crippen LogP) is 5.20. The minimum atomic E-state index is -2.77. The van der Waals surface area contributed by atoms with Crippen LogP contribution in [0.25, 0.3) is 11.1 Å². The first-order valence-corrected chi connectivity index (χ1v) is 10.0. The van der Waals surface area contributed by atoms with E-state index in [-0.39, 0.29) is 11.0 Å². The van der Waals surface area contributed by atoms with Crippen LogP contribution in [-0.2, 0) is 4.57 Å². The van der Waals surface area contributed by atoms with Gasteiger partial charge in [-0.2, -0.15) is 0 Å². The Kier molecular flexibility index (Phi) is 4.04. The van der Waals surface area contributed by atoms with Gasteiger partial charge in [0.15, 0.2) is 13.0 Å². The van der Waals surface area contributed by atoms with Crippen molar-refractivity contribution in [3.8, 4) is 22.6 Å². The molecule has 1 heterocycles. The third-order valence-corrected chi connectivity index (χ3v) is 9.11. The molecule has 3 nitrogen and oxygen atoms in total. The molecule has 2 atom stereocenters. The highest BCUT2D eigenvalue weighted by Crippen LogP contribution is 2.66. The molecule has 128 valence electrons. The lowest BCUT2D eigenvalue weighted by Gasteiger charge is -2.31. The normalized spacial score (nSPS) is 22.8. The van der Waals surface area contributed by atoms with E-state index in [9.17, 15) is 4.57 Å². The van der Waals surface area contributed by atoms with Crippen molar-refractivity contribution in [1.29, 1.82) is 0 Å². The largest absolute Gasteiger partial charge is 0.496 e. The third kappa shape index (κ3) is 2.29. The summed E-state index contributed by atoms with van der Waals surface area (Å²) in [6.07, 6.45) is 0. The van der Waals surface area contributed by atoms with Crippen LogP contribution in [0.3, 0.4) is 0 Å². The topological polar surface area (TPSA) is 35.5 Å². The quantitative estimate of drug-likeness (QED) is 0.703. The Hall–Kier alpha value is -1.73. The van der Waals surface area contributed by atoms with E-state index in [1.165, 1.54) is 0 Å². The summed E-state index contributed by atoms with van der Waals surface area (Å²) in [4.78, 5) is 0. The van der Waals surface area contributed by atoms with Gasteiger partial charge < -0.3 is 14.0 Å². The summed E-state index contributed by atoms with van der Waals surface area (Å²) in [5, 5.41) is 0.488. The molecule has 3 rings (SSSR count). The van der Waals surface area contributed by atoms with Gasteiger partial charge in [0.2, 0.25) is 0 Å². The molecule has 0 amide bonds. The monoisotopic (exact) mass is 344 g/mol. The molecule has 0 fully saturated rings. The highest BCUT2D eigenvalue weighted by atomic mass is 31.2. The minimum Gasteiger partial charge on any atom is -0.496 e. The van der Waals surface area contributed by atoms with Crippen LogP contribution in [0.5, 0.6) is 11.5 Å². The second-order valence-corrected chi connectivity index (χ2v) is 11.2. The summed E-state index contributed by atoms with van der Waals surface area (Å²) in [7, 11) is -1.10. The Morgan fingerprint density at radius 1 is 1.12 bits per heavy atom. The van der Waals surface area contributed by atoms with Crippen LogP contribution in [0.4, 0.5) is 0 Å². The molecule has 0 unspecified atom stereocenters. The van der Waals surface area contributed by atoms with Gasteiger partial charge in [0.25, 0.3) is 0 Å². The number of methoxy groups -OCH3 is 1. The van der Waals surface area contributed by atoms with Crippen LogP contribution in [0.2, 0.25) is 0 Å². The van der Waals surface area contributed by atoms with Gasteiger partial charge in [-0.15, -0.1) is 0 Å². The molecule has 1 aliphatic heterocycles. The van der Waals surface area contributed by atoms with Crippen LogP contribution in [0, 0.1) is 6.92 Å². The second kappa shape index (κ2) is 5.67. The summed E-state index contributed by atoms with van der Waals surface area (Å²) in [6.45, 7) is 10.1. The van der Waals surface area contributed by atoms with Crippen molar-refractivity contribution in [2.45, 2.75) is 45.6 Å². The smallest absolute Gasteiger partial charge is 0.163 e. The zero-order valence-electron chi connectivity index (χ0n) is 15.2. The van der Waals surface area contributed by atoms with Gasteiger partial charge >= 0.3 is 0 Å². The minimum absolute atomic E-state index is 0.316. The summed E-state index contributed by atoms with van der Waals surface area (Å²) in [6, 6.07) is 11.9. The molecule has 0 saturated heterocycles. The SMILES string of the molecule is COc1cccc(C)c1-c1cccc2c1[P@](=O)(C(C)(C)C)[C@@H](C)O2. The summed E-state index contributed by atoms with van der Waals surface area (Å²) in [5.74, 6) is 1.22. The zero-order chi connectivity index (χ0) is 17.7. The maximum atomic E-state index is 14.1. The standard InChI is InChI=1S/C20H25O3P/c1-13-9-7-11-16(22-6)18(13)15-10-8-12-17-19(15)24(21,14(2)23-17)20(3,4)5/h7-12,14H,1-6H3/t14-,24-/m0/s1. The number of hydrogen-bond donors (Lipinski definition) is 0. The van der Waals surface area contributed by atoms with E-state index in [0.29, 0.717) is 0 Å². The fourth-order valence-corrected chi connectivity index (χ4v) is 7.02. The van der Waals surface area contributed by atoms with Crippen LogP contribution >= 0.6 is 7.14 Å². The number of rotatable bonds is 2. The van der Waals surface area contributed by atoms with Gasteiger partial charge in [-0.1, -0.05) is 45.0 Å². The van der Waals surface area contributed by atoms with Gasteiger partial charge in [-0.25, -0.2) is 0 Å². The van der Waals surface area contributed by atoms with Crippen molar-refractivity contribution >= 4 is 12.4 Å². The maximum absolute atomic E-state index is 14.1. The lowest BCUT2D eigenvalue weighted by molar-refractivity contribution is 0.303. The van der Waals surface area contributed by atoms with E-state index in [2.05, 4.69) is 13.0 Å². The first-order valence-electron chi connectivity index (χ1n) is 8.26. The van der Waals surface area contributed by atoms with Crippen molar-refractivity contribution in [3.63, 3.8) is 0 Å². The first kappa shape index (κ1) is 17.1. The van der Waals surface area contributed by atoms with Gasteiger partial charge in [-0.05, 0) is 31.5 Å². The maximum Gasteiger partial charge on any atom is 0.163 e. The third-order valence-electron chi connectivity index (χ3n) is 4.86. The molecule has 2 aromatic carbocycles. The molecule has 0 radical (unpaired) electrons. The van der Waals surface area contributed by atoms with Crippen LogP contribution < -0.4 is 14.8 Å². The molecular weight excluding hydrogens is 319 g/mol. The van der Waals surface area contributed by atoms with Crippen LogP contribution in [0.1, 0.15) is 33.3 Å². The molecule has 24 heavy (non-hydrogen) atoms. The fourth-order valence-electron chi connectivity index (χ4n) is 3.64. The average Bonchev–Trinajstić information content (AvgIpc) is 2.79. The molecule has 0 aliphatic carbocycles. The van der Waals surface area contributed by atoms with Crippen molar-refractivity contribution < 1.29 is 14.0 Å². The van der Waals surface area contributed by atoms with E-state index in [1.54, 1.807) is 7.11 Å². The second-order valence-electron chi connectivity index (χ2n) is 7.35. The molecule has 4 heteroatoms. The summed E-state index contributed by atoms with van der Waals surface area (Å²) >= 11 is 0. The number of hydrogen-bond acceptors (Lipinski definition) is 3. The molecule has 0 spiro atoms. The number of fused-ring (bicyclic) bond motifs is 1. The Balaban J connectivity index is 2.38. The van der Waals surface area contributed by atoms with Gasteiger partial charge in [0, 0.05) is 16.3 Å².